The molecule has 2 aromatic carbocycles. The van der Waals surface area contributed by atoms with Crippen LogP contribution in [0, 0.1) is 0 Å². The molecule has 0 saturated carbocycles. The number of hydrogen-bond donors (Lipinski definition) is 2. The van der Waals surface area contributed by atoms with Gasteiger partial charge in [0, 0.05) is 19.2 Å². The number of rotatable bonds is 8. The number of nitrogens with two attached hydrogens (primary N) is 1. The topological polar surface area (TPSA) is 78.1 Å². The van der Waals surface area contributed by atoms with Gasteiger partial charge < -0.3 is 25.3 Å². The molecule has 0 radical (unpaired) electrons. The lowest BCUT2D eigenvalue weighted by Gasteiger charge is -2.25. The number of guanidine groups is 1. The third-order valence-corrected chi connectivity index (χ3v) is 4.89. The Kier molecular flexibility index (Phi) is 7.14. The Morgan fingerprint density at radius 2 is 2.04 bits per heavy atom. The lowest BCUT2D eigenvalue weighted by Crippen LogP contribution is -2.23. The van der Waals surface area contributed by atoms with Crippen LogP contribution >= 0.6 is 0 Å². The monoisotopic (exact) mass is 383 g/mol. The van der Waals surface area contributed by atoms with E-state index < -0.39 is 0 Å². The molecule has 0 amide bonds. The molecule has 6 heteroatoms. The molecule has 1 aliphatic carbocycles. The summed E-state index contributed by atoms with van der Waals surface area (Å²) in [5.41, 5.74) is 9.48. The summed E-state index contributed by atoms with van der Waals surface area (Å²) in [5, 5.41) is 3.07. The molecule has 3 rings (SSSR count). The van der Waals surface area contributed by atoms with Crippen molar-refractivity contribution in [2.24, 2.45) is 10.7 Å². The summed E-state index contributed by atoms with van der Waals surface area (Å²) in [6, 6.07) is 14.1. The van der Waals surface area contributed by atoms with Gasteiger partial charge in [0.25, 0.3) is 0 Å². The maximum absolute atomic E-state index is 6.11. The number of nitrogens with one attached hydrogen (secondary N) is 1. The third-order valence-electron chi connectivity index (χ3n) is 4.89. The maximum atomic E-state index is 6.11. The van der Waals surface area contributed by atoms with Crippen LogP contribution in [0.1, 0.15) is 36.5 Å². The van der Waals surface area contributed by atoms with Gasteiger partial charge in [0.1, 0.15) is 11.5 Å². The largest absolute Gasteiger partial charge is 0.497 e. The average Bonchev–Trinajstić information content (AvgIpc) is 2.73. The Labute approximate surface area is 166 Å². The fourth-order valence-corrected chi connectivity index (χ4v) is 3.46. The first-order chi connectivity index (χ1) is 13.7. The minimum Gasteiger partial charge on any atom is -0.497 e. The molecule has 1 aliphatic rings. The van der Waals surface area contributed by atoms with E-state index >= 15 is 0 Å². The van der Waals surface area contributed by atoms with E-state index in [9.17, 15) is 0 Å². The first-order valence-corrected chi connectivity index (χ1v) is 9.69. The molecule has 0 bridgehead atoms. The van der Waals surface area contributed by atoms with Gasteiger partial charge >= 0.3 is 0 Å². The van der Waals surface area contributed by atoms with Crippen LogP contribution in [-0.2, 0) is 11.2 Å². The molecule has 6 nitrogen and oxygen atoms in total. The highest BCUT2D eigenvalue weighted by Crippen LogP contribution is 2.32. The van der Waals surface area contributed by atoms with Crippen molar-refractivity contribution in [2.75, 3.05) is 32.7 Å². The normalized spacial score (nSPS) is 16.4. The number of anilines is 1. The first-order valence-electron chi connectivity index (χ1n) is 9.69. The SMILES string of the molecule is COc1ccc(OC)c(NC(N)=NCCCOC2CCCc3ccccc32)c1. The summed E-state index contributed by atoms with van der Waals surface area (Å²) >= 11 is 0. The highest BCUT2D eigenvalue weighted by molar-refractivity contribution is 5.94. The number of aliphatic imine (C=N–C) groups is 1. The minimum absolute atomic E-state index is 0.199. The van der Waals surface area contributed by atoms with Gasteiger partial charge in [-0.25, -0.2) is 0 Å². The van der Waals surface area contributed by atoms with Gasteiger partial charge in [0.05, 0.1) is 26.0 Å². The molecule has 0 aliphatic heterocycles. The molecule has 0 heterocycles. The van der Waals surface area contributed by atoms with Crippen LogP contribution in [0.3, 0.4) is 0 Å². The number of ether oxygens (including phenoxy) is 3. The van der Waals surface area contributed by atoms with Crippen molar-refractivity contribution < 1.29 is 14.2 Å². The van der Waals surface area contributed by atoms with Gasteiger partial charge in [0.2, 0.25) is 0 Å². The predicted molar refractivity (Wildman–Crippen MR) is 112 cm³/mol. The Morgan fingerprint density at radius 1 is 1.18 bits per heavy atom. The van der Waals surface area contributed by atoms with Crippen LogP contribution in [0.5, 0.6) is 11.5 Å². The van der Waals surface area contributed by atoms with E-state index in [1.54, 1.807) is 14.2 Å². The van der Waals surface area contributed by atoms with E-state index in [0.717, 1.165) is 30.7 Å². The molecule has 150 valence electrons. The lowest BCUT2D eigenvalue weighted by atomic mass is 9.89. The van der Waals surface area contributed by atoms with Crippen LogP contribution in [0.4, 0.5) is 5.69 Å². The summed E-state index contributed by atoms with van der Waals surface area (Å²) < 4.78 is 16.7. The van der Waals surface area contributed by atoms with Crippen molar-refractivity contribution in [3.8, 4) is 11.5 Å². The number of aryl methyl sites for hydroxylation is 1. The van der Waals surface area contributed by atoms with E-state index in [-0.39, 0.29) is 6.10 Å². The summed E-state index contributed by atoms with van der Waals surface area (Å²) in [6.45, 7) is 1.26. The van der Waals surface area contributed by atoms with Crippen molar-refractivity contribution in [2.45, 2.75) is 31.8 Å². The van der Waals surface area contributed by atoms with Gasteiger partial charge in [-0.05, 0) is 48.9 Å². The molecular formula is C22H29N3O3. The van der Waals surface area contributed by atoms with Crippen molar-refractivity contribution in [1.82, 2.24) is 0 Å². The summed E-state index contributed by atoms with van der Waals surface area (Å²) in [4.78, 5) is 4.38. The van der Waals surface area contributed by atoms with Crippen molar-refractivity contribution in [3.63, 3.8) is 0 Å². The van der Waals surface area contributed by atoms with Crippen LogP contribution in [0.25, 0.3) is 0 Å². The van der Waals surface area contributed by atoms with E-state index in [2.05, 4.69) is 34.6 Å². The molecule has 0 fully saturated rings. The highest BCUT2D eigenvalue weighted by Gasteiger charge is 2.19. The van der Waals surface area contributed by atoms with Crippen LogP contribution in [0.15, 0.2) is 47.5 Å². The first kappa shape index (κ1) is 20.0. The second-order valence-corrected chi connectivity index (χ2v) is 6.76. The van der Waals surface area contributed by atoms with Gasteiger partial charge in [0.15, 0.2) is 5.96 Å². The Bertz CT molecular complexity index is 807. The Hall–Kier alpha value is -2.73. The van der Waals surface area contributed by atoms with Crippen LogP contribution in [0.2, 0.25) is 0 Å². The molecule has 2 aromatic rings. The molecule has 0 spiro atoms. The molecule has 3 N–H and O–H groups in total. The zero-order chi connectivity index (χ0) is 19.8. The van der Waals surface area contributed by atoms with Gasteiger partial charge in [-0.3, -0.25) is 4.99 Å². The molecule has 0 aromatic heterocycles. The second-order valence-electron chi connectivity index (χ2n) is 6.76. The zero-order valence-electron chi connectivity index (χ0n) is 16.6. The second kappa shape index (κ2) is 9.99. The standard InChI is InChI=1S/C22H29N3O3/c1-26-17-11-12-21(27-2)19(15-17)25-22(23)24-13-6-14-28-20-10-5-8-16-7-3-4-9-18(16)20/h3-4,7,9,11-12,15,20H,5-6,8,10,13-14H2,1-2H3,(H3,23,24,25). The van der Waals surface area contributed by atoms with E-state index in [4.69, 9.17) is 19.9 Å². The number of hydrogen-bond acceptors (Lipinski definition) is 4. The smallest absolute Gasteiger partial charge is 0.193 e. The third kappa shape index (κ3) is 5.16. The summed E-state index contributed by atoms with van der Waals surface area (Å²) in [7, 11) is 3.23. The number of fused-ring (bicyclic) bond motifs is 1. The summed E-state index contributed by atoms with van der Waals surface area (Å²) in [6.07, 6.45) is 4.43. The molecule has 28 heavy (non-hydrogen) atoms. The predicted octanol–water partition coefficient (Wildman–Crippen LogP) is 3.91. The summed E-state index contributed by atoms with van der Waals surface area (Å²) in [5.74, 6) is 1.74. The highest BCUT2D eigenvalue weighted by atomic mass is 16.5. The fraction of sp³-hybridized carbons (Fsp3) is 0.409. The Balaban J connectivity index is 1.47. The lowest BCUT2D eigenvalue weighted by molar-refractivity contribution is 0.0403. The fourth-order valence-electron chi connectivity index (χ4n) is 3.46. The quantitative estimate of drug-likeness (QED) is 0.410. The van der Waals surface area contributed by atoms with Gasteiger partial charge in [-0.15, -0.1) is 0 Å². The van der Waals surface area contributed by atoms with E-state index in [1.807, 2.05) is 18.2 Å². The Morgan fingerprint density at radius 3 is 2.86 bits per heavy atom. The van der Waals surface area contributed by atoms with E-state index in [1.165, 1.54) is 17.5 Å². The average molecular weight is 383 g/mol. The minimum atomic E-state index is 0.199. The number of nitrogens with zero attached hydrogens (tertiary/aromatic N) is 1. The molecular weight excluding hydrogens is 354 g/mol. The van der Waals surface area contributed by atoms with Crippen molar-refractivity contribution in [1.29, 1.82) is 0 Å². The van der Waals surface area contributed by atoms with Crippen molar-refractivity contribution in [3.05, 3.63) is 53.6 Å². The number of benzene rings is 2. The zero-order valence-corrected chi connectivity index (χ0v) is 16.6. The van der Waals surface area contributed by atoms with Gasteiger partial charge in [-0.2, -0.15) is 0 Å². The number of methoxy groups -OCH3 is 2. The molecule has 1 atom stereocenters. The molecule has 1 unspecified atom stereocenters. The van der Waals surface area contributed by atoms with Crippen molar-refractivity contribution >= 4 is 11.6 Å². The van der Waals surface area contributed by atoms with Gasteiger partial charge in [-0.1, -0.05) is 24.3 Å². The molecule has 0 saturated heterocycles. The van der Waals surface area contributed by atoms with Crippen LogP contribution < -0.4 is 20.5 Å². The maximum Gasteiger partial charge on any atom is 0.193 e. The van der Waals surface area contributed by atoms with E-state index in [0.29, 0.717) is 24.9 Å². The van der Waals surface area contributed by atoms with Crippen LogP contribution in [-0.4, -0.2) is 33.3 Å².